The van der Waals surface area contributed by atoms with E-state index < -0.39 is 74.9 Å². The van der Waals surface area contributed by atoms with Crippen LogP contribution in [0.15, 0.2) is 190 Å². The van der Waals surface area contributed by atoms with Gasteiger partial charge in [-0.25, -0.2) is 19.3 Å². The molecule has 20 heteroatoms. The molecule has 0 spiro atoms. The highest BCUT2D eigenvalue weighted by molar-refractivity contribution is 8.02. The predicted octanol–water partition coefficient (Wildman–Crippen LogP) is 8.22. The number of rotatable bonds is 18. The van der Waals surface area contributed by atoms with E-state index in [0.29, 0.717) is 21.4 Å². The number of oxime groups is 1. The molecule has 76 heavy (non-hydrogen) atoms. The van der Waals surface area contributed by atoms with Gasteiger partial charge in [0, 0.05) is 18.0 Å². The number of aryl methyl sites for hydroxylation is 1. The fourth-order valence-electron chi connectivity index (χ4n) is 8.56. The van der Waals surface area contributed by atoms with Gasteiger partial charge in [-0.15, -0.1) is 16.4 Å². The van der Waals surface area contributed by atoms with Gasteiger partial charge in [0.1, 0.15) is 28.3 Å². The lowest BCUT2D eigenvalue weighted by atomic mass is 9.77. The van der Waals surface area contributed by atoms with Crippen LogP contribution in [-0.2, 0) is 57.3 Å². The monoisotopic (exact) mass is 1080 g/mol. The maximum Gasteiger partial charge on any atom is 0.356 e. The van der Waals surface area contributed by atoms with Gasteiger partial charge in [0.05, 0.1) is 0 Å². The van der Waals surface area contributed by atoms with E-state index in [9.17, 15) is 23.7 Å². The average molecular weight is 1080 g/mol. The average Bonchev–Trinajstić information content (AvgIpc) is 4.09. The van der Waals surface area contributed by atoms with Crippen LogP contribution in [0, 0.1) is 0 Å². The van der Waals surface area contributed by atoms with Crippen molar-refractivity contribution in [1.29, 1.82) is 0 Å². The van der Waals surface area contributed by atoms with Crippen molar-refractivity contribution in [3.63, 3.8) is 0 Å². The zero-order chi connectivity index (χ0) is 53.6. The van der Waals surface area contributed by atoms with Crippen LogP contribution in [0.2, 0.25) is 0 Å². The minimum Gasteiger partial charge on any atom is -0.614 e. The highest BCUT2D eigenvalue weighted by Gasteiger charge is 2.61. The van der Waals surface area contributed by atoms with Crippen molar-refractivity contribution in [2.24, 2.45) is 12.2 Å². The summed E-state index contributed by atoms with van der Waals surface area (Å²) >= 11 is 0.457. The summed E-state index contributed by atoms with van der Waals surface area (Å²) in [6.45, 7) is 8.03. The molecular weight excluding hydrogens is 1020 g/mol. The first-order valence-electron chi connectivity index (χ1n) is 24.0. The number of benzene rings is 5. The summed E-state index contributed by atoms with van der Waals surface area (Å²) < 4.78 is 27.8. The fraction of sp³-hybridized carbons (Fsp3) is 0.232. The number of carbonyl (C=O) groups is 4. The Labute approximate surface area is 450 Å². The highest BCUT2D eigenvalue weighted by atomic mass is 32.2. The second-order valence-electron chi connectivity index (χ2n) is 19.1. The number of carbonyl (C=O) groups excluding carboxylic acids is 4. The lowest BCUT2D eigenvalue weighted by molar-refractivity contribution is -0.179. The maximum atomic E-state index is 14.9. The molecule has 5 aromatic carbocycles. The quantitative estimate of drug-likeness (QED) is 0.0158. The number of hydrogen-bond donors (Lipinski definition) is 2. The van der Waals surface area contributed by atoms with E-state index in [1.807, 2.05) is 152 Å². The van der Waals surface area contributed by atoms with Crippen LogP contribution in [-0.4, -0.2) is 92.5 Å². The van der Waals surface area contributed by atoms with E-state index in [0.717, 1.165) is 33.4 Å². The molecule has 0 saturated carbocycles. The Bertz CT molecular complexity index is 3160. The number of hydrogen-bond acceptors (Lipinski definition) is 16. The molecule has 2 amide bonds. The third kappa shape index (κ3) is 11.3. The van der Waals surface area contributed by atoms with Crippen molar-refractivity contribution in [2.45, 2.75) is 74.0 Å². The molecule has 3 unspecified atom stereocenters. The maximum absolute atomic E-state index is 14.9. The third-order valence-electron chi connectivity index (χ3n) is 12.2. The summed E-state index contributed by atoms with van der Waals surface area (Å²) in [6, 6.07) is 46.6. The van der Waals surface area contributed by atoms with Gasteiger partial charge in [-0.2, -0.15) is 0 Å². The van der Waals surface area contributed by atoms with E-state index in [4.69, 9.17) is 19.3 Å². The Morgan fingerprint density at radius 3 is 1.88 bits per heavy atom. The lowest BCUT2D eigenvalue weighted by Crippen LogP contribution is -2.75. The zero-order valence-corrected chi connectivity index (χ0v) is 44.7. The molecule has 9 rings (SSSR count). The molecule has 3 atom stereocenters. The van der Waals surface area contributed by atoms with Crippen molar-refractivity contribution in [2.75, 3.05) is 11.1 Å². The number of thiazole rings is 1. The molecule has 0 radical (unpaired) electrons. The van der Waals surface area contributed by atoms with E-state index in [2.05, 4.69) is 31.3 Å². The van der Waals surface area contributed by atoms with Crippen LogP contribution in [0.25, 0.3) is 0 Å². The van der Waals surface area contributed by atoms with Gasteiger partial charge < -0.3 is 29.5 Å². The largest absolute Gasteiger partial charge is 0.614 e. The first-order chi connectivity index (χ1) is 36.5. The fourth-order valence-corrected chi connectivity index (χ4v) is 11.6. The van der Waals surface area contributed by atoms with Crippen molar-refractivity contribution in [1.82, 2.24) is 35.4 Å². The topological polar surface area (TPSA) is 215 Å². The third-order valence-corrected chi connectivity index (χ3v) is 15.4. The molecule has 2 aliphatic rings. The molecule has 2 N–H and O–H groups in total. The van der Waals surface area contributed by atoms with Crippen molar-refractivity contribution >= 4 is 68.9 Å². The molecule has 388 valence electrons. The summed E-state index contributed by atoms with van der Waals surface area (Å²) in [5, 5.41) is 25.1. The van der Waals surface area contributed by atoms with Crippen LogP contribution >= 0.6 is 23.1 Å². The molecule has 17 nitrogen and oxygen atoms in total. The first-order valence-corrected chi connectivity index (χ1v) is 27.2. The van der Waals surface area contributed by atoms with Gasteiger partial charge in [-0.05, 0) is 95.5 Å². The Morgan fingerprint density at radius 1 is 0.829 bits per heavy atom. The van der Waals surface area contributed by atoms with E-state index in [1.54, 1.807) is 44.7 Å². The minimum atomic E-state index is -1.88. The predicted molar refractivity (Wildman–Crippen MR) is 290 cm³/mol. The highest BCUT2D eigenvalue weighted by Crippen LogP contribution is 2.42. The number of tetrazole rings is 1. The molecule has 0 bridgehead atoms. The van der Waals surface area contributed by atoms with Crippen LogP contribution in [0.3, 0.4) is 0 Å². The van der Waals surface area contributed by atoms with E-state index in [1.165, 1.54) is 29.9 Å². The Kier molecular flexibility index (Phi) is 15.7. The first kappa shape index (κ1) is 52.9. The van der Waals surface area contributed by atoms with Crippen LogP contribution in [0.1, 0.15) is 74.2 Å². The van der Waals surface area contributed by atoms with Crippen molar-refractivity contribution in [3.05, 3.63) is 213 Å². The zero-order valence-electron chi connectivity index (χ0n) is 42.2. The number of allylic oxidation sites excluding steroid dienone is 1. The number of nitrogens with one attached hydrogen (secondary N) is 2. The molecule has 1 saturated heterocycles. The number of nitrogens with zero attached hydrogens (tertiary/aromatic N) is 7. The SMILES string of the molecule is Cn1nnnc1S/C=C/C1=C(C(=O)OC(c2ccccc2)c2ccccc2)N2C(=O)C(NC(=O)/C(=N/OC(C)(C)C(=O)OC(C)(C)C)c3csc(NC(c4ccccc4)(c4ccccc4)c4ccccc4)n3)C2[S+]([O-])C1. The second-order valence-corrected chi connectivity index (χ2v) is 22.4. The molecule has 2 aliphatic heterocycles. The normalized spacial score (nSPS) is 17.0. The minimum absolute atomic E-state index is 0.0292. The van der Waals surface area contributed by atoms with Crippen LogP contribution in [0.4, 0.5) is 5.13 Å². The molecule has 1 fully saturated rings. The van der Waals surface area contributed by atoms with E-state index in [-0.39, 0.29) is 22.7 Å². The number of amides is 2. The van der Waals surface area contributed by atoms with Crippen molar-refractivity contribution in [3.8, 4) is 0 Å². The Balaban J connectivity index is 1.06. The van der Waals surface area contributed by atoms with E-state index >= 15 is 0 Å². The van der Waals surface area contributed by atoms with Crippen LogP contribution in [0.5, 0.6) is 0 Å². The summed E-state index contributed by atoms with van der Waals surface area (Å²) in [7, 11) is 1.67. The number of β-lactam (4-membered cyclic amide) rings is 1. The number of fused-ring (bicyclic) bond motifs is 1. The Hall–Kier alpha value is -7.91. The molecular formula is C56H53N9O8S3. The molecule has 0 aliphatic carbocycles. The second kappa shape index (κ2) is 22.5. The summed E-state index contributed by atoms with van der Waals surface area (Å²) in [5.74, 6) is -3.48. The number of anilines is 1. The number of ether oxygens (including phenoxy) is 2. The van der Waals surface area contributed by atoms with Gasteiger partial charge in [-0.3, -0.25) is 14.5 Å². The summed E-state index contributed by atoms with van der Waals surface area (Å²) in [5.41, 5.74) is 0.216. The molecule has 4 heterocycles. The Morgan fingerprint density at radius 2 is 1.37 bits per heavy atom. The molecule has 7 aromatic rings. The van der Waals surface area contributed by atoms with Gasteiger partial charge in [0.15, 0.2) is 23.0 Å². The lowest BCUT2D eigenvalue weighted by Gasteiger charge is -2.49. The number of aromatic nitrogens is 5. The number of esters is 2. The van der Waals surface area contributed by atoms with Crippen LogP contribution < -0.4 is 10.6 Å². The van der Waals surface area contributed by atoms with Gasteiger partial charge in [0.25, 0.3) is 11.8 Å². The number of thioether (sulfide) groups is 1. The summed E-state index contributed by atoms with van der Waals surface area (Å²) in [4.78, 5) is 69.6. The molecule has 2 aromatic heterocycles. The summed E-state index contributed by atoms with van der Waals surface area (Å²) in [6.07, 6.45) is 0.692. The smallest absolute Gasteiger partial charge is 0.356 e. The van der Waals surface area contributed by atoms with Crippen molar-refractivity contribution < 1.29 is 38.0 Å². The standard InChI is InChI=1S/C56H53N9O8S3/c1-54(2,3)72-51(69)55(4,5)73-61-43(42-34-75-52(57-42)59-56(39-26-16-9-17-27-39,40-28-18-10-19-29-40)41-30-20-11-21-31-41)47(66)58-44-48(67)65-45(38(35-76(70)49(44)65)32-33-74-53-60-62-63-64(53)6)50(68)71-46(36-22-12-7-13-23-36)37-24-14-8-15-25-37/h7-34,44,46,49H,35H2,1-6H3,(H,57,59)(H,58,66)/b33-32+,61-43+. The van der Waals surface area contributed by atoms with Gasteiger partial charge in [0.2, 0.25) is 16.1 Å². The van der Waals surface area contributed by atoms with Gasteiger partial charge >= 0.3 is 11.9 Å². The van der Waals surface area contributed by atoms with Gasteiger partial charge in [-0.1, -0.05) is 169 Å².